The number of amides is 1. The standard InChI is InChI=1S/C13H23NO3/c1-13(2,3)17-8-12(16)14-6-9-4-5-11(15)10(9)7-14/h9-11,15H,4-8H2,1-3H3. The molecule has 1 amide bonds. The number of hydrogen-bond acceptors (Lipinski definition) is 3. The second-order valence-electron chi connectivity index (χ2n) is 6.27. The smallest absolute Gasteiger partial charge is 0.248 e. The van der Waals surface area contributed by atoms with Gasteiger partial charge in [-0.1, -0.05) is 0 Å². The van der Waals surface area contributed by atoms with Crippen molar-refractivity contribution < 1.29 is 14.6 Å². The van der Waals surface area contributed by atoms with Gasteiger partial charge in [-0.05, 0) is 39.5 Å². The molecule has 0 radical (unpaired) electrons. The third-order valence-electron chi connectivity index (χ3n) is 3.80. The average molecular weight is 241 g/mol. The van der Waals surface area contributed by atoms with Gasteiger partial charge in [0.25, 0.3) is 0 Å². The number of rotatable bonds is 2. The lowest BCUT2D eigenvalue weighted by Crippen LogP contribution is -2.36. The van der Waals surface area contributed by atoms with E-state index in [1.165, 1.54) is 0 Å². The molecule has 0 aromatic rings. The maximum Gasteiger partial charge on any atom is 0.248 e. The summed E-state index contributed by atoms with van der Waals surface area (Å²) in [4.78, 5) is 13.8. The first-order valence-electron chi connectivity index (χ1n) is 6.46. The van der Waals surface area contributed by atoms with Crippen LogP contribution in [0.25, 0.3) is 0 Å². The van der Waals surface area contributed by atoms with Gasteiger partial charge in [-0.3, -0.25) is 4.79 Å². The van der Waals surface area contributed by atoms with Crippen molar-refractivity contribution in [2.45, 2.75) is 45.3 Å². The minimum absolute atomic E-state index is 0.0570. The topological polar surface area (TPSA) is 49.8 Å². The highest BCUT2D eigenvalue weighted by Gasteiger charge is 2.43. The summed E-state index contributed by atoms with van der Waals surface area (Å²) in [5.41, 5.74) is -0.273. The number of hydrogen-bond donors (Lipinski definition) is 1. The van der Waals surface area contributed by atoms with Crippen molar-refractivity contribution in [2.24, 2.45) is 11.8 Å². The Morgan fingerprint density at radius 1 is 1.35 bits per heavy atom. The number of carbonyl (C=O) groups excluding carboxylic acids is 1. The number of carbonyl (C=O) groups is 1. The van der Waals surface area contributed by atoms with Crippen molar-refractivity contribution in [2.75, 3.05) is 19.7 Å². The second kappa shape index (κ2) is 4.58. The van der Waals surface area contributed by atoms with Crippen molar-refractivity contribution in [1.82, 2.24) is 4.90 Å². The number of nitrogens with zero attached hydrogens (tertiary/aromatic N) is 1. The van der Waals surface area contributed by atoms with Crippen LogP contribution in [0.1, 0.15) is 33.6 Å². The Hall–Kier alpha value is -0.610. The first kappa shape index (κ1) is 12.8. The van der Waals surface area contributed by atoms with E-state index in [-0.39, 0.29) is 24.2 Å². The molecule has 2 aliphatic rings. The molecule has 1 heterocycles. The molecule has 3 atom stereocenters. The molecule has 98 valence electrons. The lowest BCUT2D eigenvalue weighted by atomic mass is 10.00. The Morgan fingerprint density at radius 3 is 2.65 bits per heavy atom. The van der Waals surface area contributed by atoms with E-state index >= 15 is 0 Å². The molecule has 1 aliphatic heterocycles. The zero-order chi connectivity index (χ0) is 12.6. The maximum absolute atomic E-state index is 11.9. The highest BCUT2D eigenvalue weighted by atomic mass is 16.5. The Bertz CT molecular complexity index is 298. The van der Waals surface area contributed by atoms with Crippen LogP contribution in [0.4, 0.5) is 0 Å². The molecule has 0 aromatic carbocycles. The van der Waals surface area contributed by atoms with Crippen molar-refractivity contribution in [3.05, 3.63) is 0 Å². The SMILES string of the molecule is CC(C)(C)OCC(=O)N1CC2CCC(O)C2C1. The molecule has 2 fully saturated rings. The summed E-state index contributed by atoms with van der Waals surface area (Å²) in [6, 6.07) is 0. The van der Waals surface area contributed by atoms with Gasteiger partial charge >= 0.3 is 0 Å². The van der Waals surface area contributed by atoms with Crippen LogP contribution in [0.15, 0.2) is 0 Å². The zero-order valence-electron chi connectivity index (χ0n) is 11.0. The molecule has 0 spiro atoms. The van der Waals surface area contributed by atoms with Gasteiger partial charge in [0, 0.05) is 19.0 Å². The quantitative estimate of drug-likeness (QED) is 0.785. The van der Waals surface area contributed by atoms with Crippen LogP contribution < -0.4 is 0 Å². The third kappa shape index (κ3) is 2.99. The van der Waals surface area contributed by atoms with Crippen molar-refractivity contribution >= 4 is 5.91 Å². The van der Waals surface area contributed by atoms with Gasteiger partial charge in [-0.25, -0.2) is 0 Å². The molecular formula is C13H23NO3. The third-order valence-corrected chi connectivity index (χ3v) is 3.80. The van der Waals surface area contributed by atoms with Gasteiger partial charge in [0.1, 0.15) is 6.61 Å². The first-order chi connectivity index (χ1) is 7.87. The van der Waals surface area contributed by atoms with Crippen LogP contribution in [-0.2, 0) is 9.53 Å². The number of aliphatic hydroxyl groups is 1. The van der Waals surface area contributed by atoms with E-state index in [4.69, 9.17) is 4.74 Å². The number of likely N-dealkylation sites (tertiary alicyclic amines) is 1. The molecule has 1 saturated heterocycles. The summed E-state index contributed by atoms with van der Waals surface area (Å²) < 4.78 is 5.50. The fraction of sp³-hybridized carbons (Fsp3) is 0.923. The van der Waals surface area contributed by atoms with Crippen LogP contribution in [0.3, 0.4) is 0 Å². The highest BCUT2D eigenvalue weighted by Crippen LogP contribution is 2.38. The lowest BCUT2D eigenvalue weighted by Gasteiger charge is -2.23. The fourth-order valence-corrected chi connectivity index (χ4v) is 2.81. The van der Waals surface area contributed by atoms with Gasteiger partial charge in [0.15, 0.2) is 0 Å². The van der Waals surface area contributed by atoms with Gasteiger partial charge in [0.2, 0.25) is 5.91 Å². The van der Waals surface area contributed by atoms with Gasteiger partial charge in [0.05, 0.1) is 11.7 Å². The molecular weight excluding hydrogens is 218 g/mol. The normalized spacial score (nSPS) is 32.9. The molecule has 4 nitrogen and oxygen atoms in total. The zero-order valence-corrected chi connectivity index (χ0v) is 11.0. The average Bonchev–Trinajstić information content (AvgIpc) is 2.77. The van der Waals surface area contributed by atoms with Crippen LogP contribution in [0.2, 0.25) is 0 Å². The molecule has 1 saturated carbocycles. The van der Waals surface area contributed by atoms with E-state index in [9.17, 15) is 9.90 Å². The largest absolute Gasteiger partial charge is 0.393 e. The summed E-state index contributed by atoms with van der Waals surface area (Å²) in [7, 11) is 0. The molecule has 0 bridgehead atoms. The molecule has 2 rings (SSSR count). The van der Waals surface area contributed by atoms with Gasteiger partial charge < -0.3 is 14.7 Å². The van der Waals surface area contributed by atoms with Crippen LogP contribution in [-0.4, -0.2) is 47.3 Å². The second-order valence-corrected chi connectivity index (χ2v) is 6.27. The summed E-state index contributed by atoms with van der Waals surface area (Å²) in [5.74, 6) is 0.860. The Labute approximate surface area is 103 Å². The lowest BCUT2D eigenvalue weighted by molar-refractivity contribution is -0.140. The monoisotopic (exact) mass is 241 g/mol. The van der Waals surface area contributed by atoms with Gasteiger partial charge in [-0.15, -0.1) is 0 Å². The van der Waals surface area contributed by atoms with Crippen LogP contribution in [0.5, 0.6) is 0 Å². The minimum atomic E-state index is -0.273. The Morgan fingerprint density at radius 2 is 2.06 bits per heavy atom. The summed E-state index contributed by atoms with van der Waals surface area (Å²) in [5, 5.41) is 9.79. The van der Waals surface area contributed by atoms with Crippen molar-refractivity contribution in [1.29, 1.82) is 0 Å². The Kier molecular flexibility index (Phi) is 3.46. The summed E-state index contributed by atoms with van der Waals surface area (Å²) in [6.07, 6.45) is 1.74. The van der Waals surface area contributed by atoms with E-state index in [0.717, 1.165) is 19.4 Å². The molecule has 17 heavy (non-hydrogen) atoms. The van der Waals surface area contributed by atoms with Gasteiger partial charge in [-0.2, -0.15) is 0 Å². The molecule has 1 aliphatic carbocycles. The number of fused-ring (bicyclic) bond motifs is 1. The first-order valence-corrected chi connectivity index (χ1v) is 6.46. The van der Waals surface area contributed by atoms with E-state index < -0.39 is 0 Å². The molecule has 1 N–H and O–H groups in total. The van der Waals surface area contributed by atoms with Crippen molar-refractivity contribution in [3.63, 3.8) is 0 Å². The fourth-order valence-electron chi connectivity index (χ4n) is 2.81. The van der Waals surface area contributed by atoms with Crippen molar-refractivity contribution in [3.8, 4) is 0 Å². The van der Waals surface area contributed by atoms with E-state index in [2.05, 4.69) is 0 Å². The van der Waals surface area contributed by atoms with E-state index in [0.29, 0.717) is 18.4 Å². The predicted octanol–water partition coefficient (Wildman–Crippen LogP) is 1.03. The van der Waals surface area contributed by atoms with E-state index in [1.807, 2.05) is 25.7 Å². The van der Waals surface area contributed by atoms with Crippen LogP contribution >= 0.6 is 0 Å². The number of aliphatic hydroxyl groups excluding tert-OH is 1. The highest BCUT2D eigenvalue weighted by molar-refractivity contribution is 5.77. The minimum Gasteiger partial charge on any atom is -0.393 e. The predicted molar refractivity (Wildman–Crippen MR) is 64.5 cm³/mol. The van der Waals surface area contributed by atoms with E-state index in [1.54, 1.807) is 0 Å². The summed E-state index contributed by atoms with van der Waals surface area (Å²) >= 11 is 0. The Balaban J connectivity index is 1.83. The maximum atomic E-state index is 11.9. The summed E-state index contributed by atoms with van der Waals surface area (Å²) in [6.45, 7) is 7.50. The molecule has 4 heteroatoms. The molecule has 3 unspecified atom stereocenters. The van der Waals surface area contributed by atoms with Crippen LogP contribution in [0, 0.1) is 11.8 Å². The molecule has 0 aromatic heterocycles. The number of ether oxygens (including phenoxy) is 1.